The third-order valence-corrected chi connectivity index (χ3v) is 4.85. The molecular formula is C19H17BrCl2N2O4. The predicted molar refractivity (Wildman–Crippen MR) is 113 cm³/mol. The summed E-state index contributed by atoms with van der Waals surface area (Å²) >= 11 is 15.1. The fraction of sp³-hybridized carbons (Fsp3) is 0.211. The van der Waals surface area contributed by atoms with E-state index in [2.05, 4.69) is 26.6 Å². The van der Waals surface area contributed by atoms with Gasteiger partial charge >= 0.3 is 5.97 Å². The molecule has 0 atom stereocenters. The van der Waals surface area contributed by atoms with Gasteiger partial charge in [0.2, 0.25) is 5.91 Å². The smallest absolute Gasteiger partial charge is 0.306 e. The van der Waals surface area contributed by atoms with Crippen LogP contribution in [0.2, 0.25) is 10.0 Å². The van der Waals surface area contributed by atoms with Crippen molar-refractivity contribution in [2.75, 3.05) is 17.2 Å². The molecule has 0 aliphatic rings. The van der Waals surface area contributed by atoms with Crippen molar-refractivity contribution < 1.29 is 19.1 Å². The largest absolute Gasteiger partial charge is 0.456 e. The molecule has 28 heavy (non-hydrogen) atoms. The van der Waals surface area contributed by atoms with E-state index in [1.807, 2.05) is 12.1 Å². The Bertz CT molecular complexity index is 860. The van der Waals surface area contributed by atoms with E-state index < -0.39 is 18.5 Å². The van der Waals surface area contributed by atoms with Crippen molar-refractivity contribution in [2.45, 2.75) is 19.3 Å². The van der Waals surface area contributed by atoms with Gasteiger partial charge in [0, 0.05) is 23.0 Å². The second kappa shape index (κ2) is 11.0. The highest BCUT2D eigenvalue weighted by molar-refractivity contribution is 9.10. The number of amides is 2. The van der Waals surface area contributed by atoms with E-state index in [0.29, 0.717) is 22.8 Å². The highest BCUT2D eigenvalue weighted by atomic mass is 79.9. The molecule has 0 saturated heterocycles. The maximum absolute atomic E-state index is 11.8. The predicted octanol–water partition coefficient (Wildman–Crippen LogP) is 5.05. The number of esters is 1. The van der Waals surface area contributed by atoms with Gasteiger partial charge in [-0.05, 0) is 42.8 Å². The molecule has 0 unspecified atom stereocenters. The van der Waals surface area contributed by atoms with Crippen molar-refractivity contribution in [2.24, 2.45) is 0 Å². The Balaban J connectivity index is 1.65. The average molecular weight is 488 g/mol. The number of hydrogen-bond donors (Lipinski definition) is 2. The van der Waals surface area contributed by atoms with E-state index in [-0.39, 0.29) is 23.8 Å². The van der Waals surface area contributed by atoms with Crippen LogP contribution in [0.4, 0.5) is 11.4 Å². The van der Waals surface area contributed by atoms with Crippen molar-refractivity contribution in [3.8, 4) is 0 Å². The first kappa shape index (κ1) is 22.2. The molecule has 0 spiro atoms. The molecular weight excluding hydrogens is 471 g/mol. The van der Waals surface area contributed by atoms with Crippen LogP contribution in [0, 0.1) is 0 Å². The molecule has 0 aliphatic heterocycles. The highest BCUT2D eigenvalue weighted by Crippen LogP contribution is 2.29. The molecule has 0 aromatic heterocycles. The number of benzene rings is 2. The minimum atomic E-state index is -0.566. The van der Waals surface area contributed by atoms with Gasteiger partial charge in [-0.3, -0.25) is 14.4 Å². The number of halogens is 3. The van der Waals surface area contributed by atoms with Gasteiger partial charge in [-0.15, -0.1) is 0 Å². The Morgan fingerprint density at radius 2 is 1.64 bits per heavy atom. The van der Waals surface area contributed by atoms with Crippen molar-refractivity contribution in [3.63, 3.8) is 0 Å². The van der Waals surface area contributed by atoms with Crippen molar-refractivity contribution in [3.05, 3.63) is 57.0 Å². The Morgan fingerprint density at radius 3 is 2.36 bits per heavy atom. The zero-order chi connectivity index (χ0) is 20.5. The van der Waals surface area contributed by atoms with E-state index >= 15 is 0 Å². The van der Waals surface area contributed by atoms with Crippen LogP contribution >= 0.6 is 39.1 Å². The van der Waals surface area contributed by atoms with Crippen LogP contribution in [0.25, 0.3) is 0 Å². The SMILES string of the molecule is O=C(CCCC(=O)OCC(=O)Nc1cccc(Cl)c1Cl)Nc1ccc(Br)cc1. The summed E-state index contributed by atoms with van der Waals surface area (Å²) in [5, 5.41) is 5.76. The van der Waals surface area contributed by atoms with Gasteiger partial charge in [0.05, 0.1) is 15.7 Å². The van der Waals surface area contributed by atoms with E-state index in [4.69, 9.17) is 27.9 Å². The van der Waals surface area contributed by atoms with Crippen LogP contribution < -0.4 is 10.6 Å². The first-order chi connectivity index (χ1) is 13.3. The molecule has 2 N–H and O–H groups in total. The lowest BCUT2D eigenvalue weighted by Gasteiger charge is -2.09. The van der Waals surface area contributed by atoms with Gasteiger partial charge < -0.3 is 15.4 Å². The topological polar surface area (TPSA) is 84.5 Å². The minimum absolute atomic E-state index is 0.0267. The molecule has 2 amide bonds. The molecule has 0 radical (unpaired) electrons. The molecule has 9 heteroatoms. The zero-order valence-corrected chi connectivity index (χ0v) is 17.7. The fourth-order valence-electron chi connectivity index (χ4n) is 2.15. The second-order valence-electron chi connectivity index (χ2n) is 5.72. The second-order valence-corrected chi connectivity index (χ2v) is 7.42. The highest BCUT2D eigenvalue weighted by Gasteiger charge is 2.12. The van der Waals surface area contributed by atoms with Gasteiger partial charge in [0.1, 0.15) is 0 Å². The third-order valence-electron chi connectivity index (χ3n) is 3.50. The quantitative estimate of drug-likeness (QED) is 0.510. The van der Waals surface area contributed by atoms with E-state index in [1.54, 1.807) is 30.3 Å². The number of rotatable bonds is 8. The van der Waals surface area contributed by atoms with Gasteiger partial charge in [0.25, 0.3) is 5.91 Å². The van der Waals surface area contributed by atoms with Crippen LogP contribution in [-0.4, -0.2) is 24.4 Å². The first-order valence-electron chi connectivity index (χ1n) is 8.30. The zero-order valence-electron chi connectivity index (χ0n) is 14.6. The lowest BCUT2D eigenvalue weighted by Crippen LogP contribution is -2.21. The lowest BCUT2D eigenvalue weighted by molar-refractivity contribution is -0.147. The number of hydrogen-bond acceptors (Lipinski definition) is 4. The lowest BCUT2D eigenvalue weighted by atomic mass is 10.2. The summed E-state index contributed by atoms with van der Waals surface area (Å²) < 4.78 is 5.81. The number of anilines is 2. The number of nitrogens with one attached hydrogen (secondary N) is 2. The molecule has 2 rings (SSSR count). The minimum Gasteiger partial charge on any atom is -0.456 e. The first-order valence-corrected chi connectivity index (χ1v) is 9.85. The van der Waals surface area contributed by atoms with Crippen LogP contribution in [-0.2, 0) is 19.1 Å². The van der Waals surface area contributed by atoms with Gasteiger partial charge in [-0.2, -0.15) is 0 Å². The molecule has 0 bridgehead atoms. The Hall–Kier alpha value is -2.09. The Kier molecular flexibility index (Phi) is 8.76. The summed E-state index contributed by atoms with van der Waals surface area (Å²) in [5.41, 5.74) is 1.01. The summed E-state index contributed by atoms with van der Waals surface area (Å²) in [7, 11) is 0. The van der Waals surface area contributed by atoms with Gasteiger partial charge in [-0.1, -0.05) is 45.2 Å². The fourth-order valence-corrected chi connectivity index (χ4v) is 2.77. The Labute approximate surface area is 180 Å². The number of carbonyl (C=O) groups excluding carboxylic acids is 3. The molecule has 6 nitrogen and oxygen atoms in total. The van der Waals surface area contributed by atoms with Crippen LogP contribution in [0.15, 0.2) is 46.9 Å². The summed E-state index contributed by atoms with van der Waals surface area (Å²) in [6.45, 7) is -0.452. The summed E-state index contributed by atoms with van der Waals surface area (Å²) in [5.74, 6) is -1.31. The molecule has 0 aliphatic carbocycles. The number of carbonyl (C=O) groups is 3. The van der Waals surface area contributed by atoms with Crippen LogP contribution in [0.3, 0.4) is 0 Å². The maximum Gasteiger partial charge on any atom is 0.306 e. The third kappa shape index (κ3) is 7.50. The normalized spacial score (nSPS) is 10.2. The van der Waals surface area contributed by atoms with Gasteiger partial charge in [0.15, 0.2) is 6.61 Å². The molecule has 0 saturated carbocycles. The molecule has 2 aromatic carbocycles. The van der Waals surface area contributed by atoms with Crippen LogP contribution in [0.1, 0.15) is 19.3 Å². The monoisotopic (exact) mass is 486 g/mol. The number of ether oxygens (including phenoxy) is 1. The molecule has 148 valence electrons. The van der Waals surface area contributed by atoms with Crippen LogP contribution in [0.5, 0.6) is 0 Å². The van der Waals surface area contributed by atoms with Crippen molar-refractivity contribution in [1.29, 1.82) is 0 Å². The van der Waals surface area contributed by atoms with E-state index in [0.717, 1.165) is 4.47 Å². The van der Waals surface area contributed by atoms with Gasteiger partial charge in [-0.25, -0.2) is 0 Å². The Morgan fingerprint density at radius 1 is 0.929 bits per heavy atom. The van der Waals surface area contributed by atoms with E-state index in [9.17, 15) is 14.4 Å². The van der Waals surface area contributed by atoms with Crippen molar-refractivity contribution >= 4 is 68.3 Å². The standard InChI is InChI=1S/C19H17BrCl2N2O4/c20-12-7-9-13(10-8-12)23-16(25)5-2-6-18(27)28-11-17(26)24-15-4-1-3-14(21)19(15)22/h1,3-4,7-10H,2,5-6,11H2,(H,23,25)(H,24,26). The molecule has 2 aromatic rings. The summed E-state index contributed by atoms with van der Waals surface area (Å²) in [6.07, 6.45) is 0.497. The molecule has 0 fully saturated rings. The van der Waals surface area contributed by atoms with Crippen molar-refractivity contribution in [1.82, 2.24) is 0 Å². The maximum atomic E-state index is 11.8. The summed E-state index contributed by atoms with van der Waals surface area (Å²) in [6, 6.07) is 12.0. The average Bonchev–Trinajstić information content (AvgIpc) is 2.66. The molecule has 0 heterocycles. The summed E-state index contributed by atoms with van der Waals surface area (Å²) in [4.78, 5) is 35.4. The van der Waals surface area contributed by atoms with E-state index in [1.165, 1.54) is 0 Å².